The molecule has 3 nitrogen and oxygen atoms in total. The molecule has 0 aromatic heterocycles. The zero-order valence-corrected chi connectivity index (χ0v) is 11.6. The minimum Gasteiger partial charge on any atom is -0.466 e. The Morgan fingerprint density at radius 3 is 2.83 bits per heavy atom. The molecule has 0 amide bonds. The van der Waals surface area contributed by atoms with Crippen LogP contribution in [0.4, 0.5) is 0 Å². The summed E-state index contributed by atoms with van der Waals surface area (Å²) in [6.07, 6.45) is 0. The fraction of sp³-hybridized carbons (Fsp3) is 0.462. The summed E-state index contributed by atoms with van der Waals surface area (Å²) in [5.41, 5.74) is 1.02. The van der Waals surface area contributed by atoms with E-state index in [1.54, 1.807) is 6.07 Å². The van der Waals surface area contributed by atoms with Gasteiger partial charge in [-0.25, -0.2) is 0 Å². The molecule has 98 valence electrons. The number of carbonyl (C=O) groups is 1. The standard InChI is InChI=1S/C13H15Cl2NO2/c1-2-18-13(17)10-7-16-6-9(10)8-3-4-11(14)12(15)5-8/h3-5,9-10,16H,2,6-7H2,1H3. The lowest BCUT2D eigenvalue weighted by molar-refractivity contribution is -0.147. The number of rotatable bonds is 3. The second-order valence-electron chi connectivity index (χ2n) is 4.30. The van der Waals surface area contributed by atoms with Crippen LogP contribution in [-0.2, 0) is 9.53 Å². The highest BCUT2D eigenvalue weighted by molar-refractivity contribution is 6.42. The quantitative estimate of drug-likeness (QED) is 0.869. The zero-order valence-electron chi connectivity index (χ0n) is 10.1. The first-order valence-corrected chi connectivity index (χ1v) is 6.71. The number of hydrogen-bond acceptors (Lipinski definition) is 3. The molecule has 1 heterocycles. The predicted molar refractivity (Wildman–Crippen MR) is 72.2 cm³/mol. The summed E-state index contributed by atoms with van der Waals surface area (Å²) < 4.78 is 5.09. The van der Waals surface area contributed by atoms with Crippen LogP contribution in [0.2, 0.25) is 10.0 Å². The predicted octanol–water partition coefficient (Wildman–Crippen LogP) is 2.86. The van der Waals surface area contributed by atoms with Crippen molar-refractivity contribution in [1.29, 1.82) is 0 Å². The van der Waals surface area contributed by atoms with Crippen LogP contribution in [0.1, 0.15) is 18.4 Å². The summed E-state index contributed by atoms with van der Waals surface area (Å²) in [5.74, 6) is -0.209. The average Bonchev–Trinajstić information content (AvgIpc) is 2.82. The van der Waals surface area contributed by atoms with Gasteiger partial charge >= 0.3 is 5.97 Å². The van der Waals surface area contributed by atoms with Crippen LogP contribution < -0.4 is 5.32 Å². The molecule has 0 aliphatic carbocycles. The Kier molecular flexibility index (Phi) is 4.49. The van der Waals surface area contributed by atoms with Gasteiger partial charge in [0, 0.05) is 19.0 Å². The largest absolute Gasteiger partial charge is 0.466 e. The van der Waals surface area contributed by atoms with Gasteiger partial charge in [0.2, 0.25) is 0 Å². The number of esters is 1. The van der Waals surface area contributed by atoms with Crippen LogP contribution in [0.5, 0.6) is 0 Å². The Labute approximate surface area is 116 Å². The number of nitrogens with one attached hydrogen (secondary N) is 1. The van der Waals surface area contributed by atoms with Gasteiger partial charge in [-0.1, -0.05) is 29.3 Å². The summed E-state index contributed by atoms with van der Waals surface area (Å²) in [6, 6.07) is 5.51. The molecule has 1 N–H and O–H groups in total. The van der Waals surface area contributed by atoms with Gasteiger partial charge < -0.3 is 10.1 Å². The van der Waals surface area contributed by atoms with Gasteiger partial charge in [0.05, 0.1) is 22.6 Å². The monoisotopic (exact) mass is 287 g/mol. The van der Waals surface area contributed by atoms with E-state index in [1.807, 2.05) is 19.1 Å². The fourth-order valence-electron chi connectivity index (χ4n) is 2.27. The van der Waals surface area contributed by atoms with E-state index < -0.39 is 0 Å². The first-order valence-electron chi connectivity index (χ1n) is 5.95. The lowest BCUT2D eigenvalue weighted by atomic mass is 9.89. The van der Waals surface area contributed by atoms with E-state index in [-0.39, 0.29) is 17.8 Å². The number of hydrogen-bond donors (Lipinski definition) is 1. The van der Waals surface area contributed by atoms with Crippen molar-refractivity contribution in [2.75, 3.05) is 19.7 Å². The van der Waals surface area contributed by atoms with Crippen LogP contribution >= 0.6 is 23.2 Å². The van der Waals surface area contributed by atoms with Gasteiger partial charge in [0.15, 0.2) is 0 Å². The van der Waals surface area contributed by atoms with Gasteiger partial charge in [-0.2, -0.15) is 0 Å². The highest BCUT2D eigenvalue weighted by Crippen LogP contribution is 2.32. The molecule has 0 bridgehead atoms. The van der Waals surface area contributed by atoms with Gasteiger partial charge in [0.1, 0.15) is 0 Å². The molecule has 1 fully saturated rings. The molecular formula is C13H15Cl2NO2. The van der Waals surface area contributed by atoms with E-state index >= 15 is 0 Å². The van der Waals surface area contributed by atoms with Crippen molar-refractivity contribution in [2.24, 2.45) is 5.92 Å². The van der Waals surface area contributed by atoms with Crippen LogP contribution in [0.25, 0.3) is 0 Å². The Hall–Kier alpha value is -0.770. The fourth-order valence-corrected chi connectivity index (χ4v) is 2.58. The number of halogens is 2. The summed E-state index contributed by atoms with van der Waals surface area (Å²) in [7, 11) is 0. The molecular weight excluding hydrogens is 273 g/mol. The molecule has 0 radical (unpaired) electrons. The first-order chi connectivity index (χ1) is 8.63. The highest BCUT2D eigenvalue weighted by atomic mass is 35.5. The van der Waals surface area contributed by atoms with Crippen molar-refractivity contribution in [3.8, 4) is 0 Å². The second-order valence-corrected chi connectivity index (χ2v) is 5.11. The van der Waals surface area contributed by atoms with E-state index in [2.05, 4.69) is 5.32 Å². The normalized spacial score (nSPS) is 23.1. The second kappa shape index (κ2) is 5.91. The van der Waals surface area contributed by atoms with Gasteiger partial charge in [-0.3, -0.25) is 4.79 Å². The number of ether oxygens (including phenoxy) is 1. The molecule has 1 aromatic carbocycles. The first kappa shape index (κ1) is 13.7. The maximum Gasteiger partial charge on any atom is 0.310 e. The van der Waals surface area contributed by atoms with E-state index in [9.17, 15) is 4.79 Å². The lowest BCUT2D eigenvalue weighted by Crippen LogP contribution is -2.24. The molecule has 2 rings (SSSR count). The van der Waals surface area contributed by atoms with Gasteiger partial charge in [-0.05, 0) is 24.6 Å². The summed E-state index contributed by atoms with van der Waals surface area (Å²) in [6.45, 7) is 3.61. The van der Waals surface area contributed by atoms with Crippen molar-refractivity contribution in [1.82, 2.24) is 5.32 Å². The molecule has 0 spiro atoms. The highest BCUT2D eigenvalue weighted by Gasteiger charge is 2.35. The van der Waals surface area contributed by atoms with Crippen LogP contribution in [0.3, 0.4) is 0 Å². The molecule has 2 atom stereocenters. The number of carbonyl (C=O) groups excluding carboxylic acids is 1. The van der Waals surface area contributed by atoms with Crippen molar-refractivity contribution in [3.05, 3.63) is 33.8 Å². The molecule has 1 aliphatic heterocycles. The molecule has 1 saturated heterocycles. The van der Waals surface area contributed by atoms with E-state index in [0.717, 1.165) is 12.1 Å². The maximum atomic E-state index is 11.9. The average molecular weight is 288 g/mol. The van der Waals surface area contributed by atoms with Gasteiger partial charge in [0.25, 0.3) is 0 Å². The van der Waals surface area contributed by atoms with Crippen molar-refractivity contribution in [2.45, 2.75) is 12.8 Å². The molecule has 0 saturated carbocycles. The van der Waals surface area contributed by atoms with Crippen molar-refractivity contribution < 1.29 is 9.53 Å². The van der Waals surface area contributed by atoms with Crippen molar-refractivity contribution >= 4 is 29.2 Å². The van der Waals surface area contributed by atoms with Crippen LogP contribution in [0, 0.1) is 5.92 Å². The minimum absolute atomic E-state index is 0.0961. The van der Waals surface area contributed by atoms with Crippen LogP contribution in [-0.4, -0.2) is 25.7 Å². The van der Waals surface area contributed by atoms with Crippen molar-refractivity contribution in [3.63, 3.8) is 0 Å². The summed E-state index contributed by atoms with van der Waals surface area (Å²) in [5, 5.41) is 4.26. The number of benzene rings is 1. The third-order valence-corrected chi connectivity index (χ3v) is 3.91. The Morgan fingerprint density at radius 2 is 2.17 bits per heavy atom. The Morgan fingerprint density at radius 1 is 1.39 bits per heavy atom. The summed E-state index contributed by atoms with van der Waals surface area (Å²) >= 11 is 11.9. The minimum atomic E-state index is -0.154. The van der Waals surface area contributed by atoms with Gasteiger partial charge in [-0.15, -0.1) is 0 Å². The molecule has 2 unspecified atom stereocenters. The maximum absolute atomic E-state index is 11.9. The van der Waals surface area contributed by atoms with Crippen LogP contribution in [0.15, 0.2) is 18.2 Å². The molecule has 5 heteroatoms. The third-order valence-electron chi connectivity index (χ3n) is 3.18. The molecule has 1 aliphatic rings. The van der Waals surface area contributed by atoms with E-state index in [1.165, 1.54) is 0 Å². The zero-order chi connectivity index (χ0) is 13.1. The molecule has 1 aromatic rings. The Balaban J connectivity index is 2.20. The lowest BCUT2D eigenvalue weighted by Gasteiger charge is -2.17. The topological polar surface area (TPSA) is 38.3 Å². The third kappa shape index (κ3) is 2.79. The van der Waals surface area contributed by atoms with E-state index in [0.29, 0.717) is 23.2 Å². The van der Waals surface area contributed by atoms with E-state index in [4.69, 9.17) is 27.9 Å². The SMILES string of the molecule is CCOC(=O)C1CNCC1c1ccc(Cl)c(Cl)c1. The Bertz CT molecular complexity index is 451. The molecule has 18 heavy (non-hydrogen) atoms. The summed E-state index contributed by atoms with van der Waals surface area (Å²) in [4.78, 5) is 11.9. The smallest absolute Gasteiger partial charge is 0.310 e.